The highest BCUT2D eigenvalue weighted by Crippen LogP contribution is 2.34. The maximum atomic E-state index is 11.8. The first kappa shape index (κ1) is 12.9. The van der Waals surface area contributed by atoms with Gasteiger partial charge >= 0.3 is 5.97 Å². The highest BCUT2D eigenvalue weighted by atomic mass is 32.2. The van der Waals surface area contributed by atoms with E-state index < -0.39 is 16.0 Å². The van der Waals surface area contributed by atoms with Gasteiger partial charge in [0.1, 0.15) is 4.88 Å². The molecule has 0 bridgehead atoms. The Morgan fingerprint density at radius 1 is 1.50 bits per heavy atom. The molecule has 0 aromatic carbocycles. The number of nitrogens with zero attached hydrogens (tertiary/aromatic N) is 1. The monoisotopic (exact) mass is 265 g/mol. The van der Waals surface area contributed by atoms with Crippen LogP contribution in [0.2, 0.25) is 0 Å². The van der Waals surface area contributed by atoms with Crippen LogP contribution in [0.15, 0.2) is 10.3 Å². The molecule has 90 valence electrons. The Labute approximate surface area is 97.1 Å². The van der Waals surface area contributed by atoms with E-state index in [-0.39, 0.29) is 14.8 Å². The fourth-order valence-electron chi connectivity index (χ4n) is 0.951. The lowest BCUT2D eigenvalue weighted by Crippen LogP contribution is -2.21. The molecule has 0 saturated heterocycles. The van der Waals surface area contributed by atoms with Crippen molar-refractivity contribution in [2.24, 2.45) is 0 Å². The van der Waals surface area contributed by atoms with Crippen LogP contribution in [0.1, 0.15) is 9.67 Å². The second-order valence-corrected chi connectivity index (χ2v) is 6.46. The summed E-state index contributed by atoms with van der Waals surface area (Å²) in [6.07, 6.45) is 0. The first-order chi connectivity index (χ1) is 7.30. The molecular weight excluding hydrogens is 254 g/mol. The lowest BCUT2D eigenvalue weighted by atomic mass is 10.4. The van der Waals surface area contributed by atoms with Gasteiger partial charge in [-0.1, -0.05) is 0 Å². The Morgan fingerprint density at radius 3 is 2.44 bits per heavy atom. The Hall–Kier alpha value is -1.12. The number of thiophene rings is 1. The molecule has 8 heteroatoms. The summed E-state index contributed by atoms with van der Waals surface area (Å²) in [4.78, 5) is 10.7. The molecule has 0 saturated carbocycles. The fourth-order valence-corrected chi connectivity index (χ4v) is 3.51. The number of aromatic carboxylic acids is 1. The van der Waals surface area contributed by atoms with Crippen LogP contribution in [-0.4, -0.2) is 45.0 Å². The number of carbonyl (C=O) groups is 1. The number of carboxylic acid groups (broad SMARTS) is 1. The number of hydrogen-bond acceptors (Lipinski definition) is 5. The van der Waals surface area contributed by atoms with E-state index in [4.69, 9.17) is 9.84 Å². The zero-order valence-electron chi connectivity index (χ0n) is 8.92. The van der Waals surface area contributed by atoms with Crippen LogP contribution in [0.4, 0.5) is 0 Å². The quantitative estimate of drug-likeness (QED) is 0.866. The average Bonchev–Trinajstić information content (AvgIpc) is 2.61. The highest BCUT2D eigenvalue weighted by molar-refractivity contribution is 7.91. The van der Waals surface area contributed by atoms with Crippen LogP contribution in [0.25, 0.3) is 0 Å². The van der Waals surface area contributed by atoms with Gasteiger partial charge in [-0.3, -0.25) is 0 Å². The predicted octanol–water partition coefficient (Wildman–Crippen LogP) is 0.705. The summed E-state index contributed by atoms with van der Waals surface area (Å²) >= 11 is 0.673. The second kappa shape index (κ2) is 4.40. The summed E-state index contributed by atoms with van der Waals surface area (Å²) < 4.78 is 29.4. The third-order valence-corrected chi connectivity index (χ3v) is 5.22. The van der Waals surface area contributed by atoms with Crippen LogP contribution in [0, 0.1) is 0 Å². The van der Waals surface area contributed by atoms with Crippen molar-refractivity contribution < 1.29 is 23.1 Å². The third-order valence-electron chi connectivity index (χ3n) is 1.81. The second-order valence-electron chi connectivity index (χ2n) is 3.06. The van der Waals surface area contributed by atoms with Gasteiger partial charge in [0.15, 0.2) is 9.96 Å². The van der Waals surface area contributed by atoms with Crippen LogP contribution in [0.3, 0.4) is 0 Å². The number of carboxylic acids is 1. The standard InChI is InChI=1S/C8H11NO5S2/c1-9(2)16(12,13)8-5(14-3)4-6(15-8)7(10)11/h4H,1-3H3,(H,10,11). The zero-order chi connectivity index (χ0) is 12.5. The molecule has 0 aliphatic heterocycles. The number of ether oxygens (including phenoxy) is 1. The van der Waals surface area contributed by atoms with E-state index in [1.807, 2.05) is 0 Å². The molecule has 0 spiro atoms. The number of sulfonamides is 1. The van der Waals surface area contributed by atoms with Crippen LogP contribution >= 0.6 is 11.3 Å². The lowest BCUT2D eigenvalue weighted by Gasteiger charge is -2.10. The SMILES string of the molecule is COc1cc(C(=O)O)sc1S(=O)(=O)N(C)C. The Balaban J connectivity index is 3.39. The maximum Gasteiger partial charge on any atom is 0.346 e. The lowest BCUT2D eigenvalue weighted by molar-refractivity contribution is 0.0702. The minimum Gasteiger partial charge on any atom is -0.494 e. The molecule has 0 unspecified atom stereocenters. The molecule has 1 aromatic rings. The summed E-state index contributed by atoms with van der Waals surface area (Å²) in [6.45, 7) is 0. The van der Waals surface area contributed by atoms with E-state index >= 15 is 0 Å². The molecule has 1 N–H and O–H groups in total. The van der Waals surface area contributed by atoms with Crippen LogP contribution < -0.4 is 4.74 Å². The van der Waals surface area contributed by atoms with Gasteiger partial charge in [0.2, 0.25) is 0 Å². The summed E-state index contributed by atoms with van der Waals surface area (Å²) in [7, 11) is 0.365. The zero-order valence-corrected chi connectivity index (χ0v) is 10.6. The Kier molecular flexibility index (Phi) is 3.56. The van der Waals surface area contributed by atoms with Gasteiger partial charge < -0.3 is 9.84 Å². The minimum absolute atomic E-state index is 0.0519. The molecule has 1 heterocycles. The van der Waals surface area contributed by atoms with E-state index in [0.29, 0.717) is 11.3 Å². The largest absolute Gasteiger partial charge is 0.494 e. The van der Waals surface area contributed by atoms with E-state index in [9.17, 15) is 13.2 Å². The van der Waals surface area contributed by atoms with Gasteiger partial charge in [-0.15, -0.1) is 11.3 Å². The van der Waals surface area contributed by atoms with E-state index in [1.54, 1.807) is 0 Å². The van der Waals surface area contributed by atoms with Gasteiger partial charge in [0.05, 0.1) is 7.11 Å². The molecule has 1 rings (SSSR count). The van der Waals surface area contributed by atoms with Crippen molar-refractivity contribution in [1.29, 1.82) is 0 Å². The van der Waals surface area contributed by atoms with Crippen molar-refractivity contribution in [3.05, 3.63) is 10.9 Å². The van der Waals surface area contributed by atoms with E-state index in [0.717, 1.165) is 4.31 Å². The van der Waals surface area contributed by atoms with Crippen molar-refractivity contribution >= 4 is 27.3 Å². The topological polar surface area (TPSA) is 83.9 Å². The van der Waals surface area contributed by atoms with Crippen LogP contribution in [0.5, 0.6) is 5.75 Å². The molecule has 0 aliphatic rings. The van der Waals surface area contributed by atoms with Gasteiger partial charge in [-0.2, -0.15) is 0 Å². The Bertz CT molecular complexity index is 502. The van der Waals surface area contributed by atoms with Crippen LogP contribution in [-0.2, 0) is 10.0 Å². The number of methoxy groups -OCH3 is 1. The van der Waals surface area contributed by atoms with Crippen molar-refractivity contribution in [3.63, 3.8) is 0 Å². The molecule has 0 amide bonds. The number of hydrogen-bond donors (Lipinski definition) is 1. The summed E-state index contributed by atoms with van der Waals surface area (Å²) in [6, 6.07) is 1.20. The molecular formula is C8H11NO5S2. The average molecular weight is 265 g/mol. The predicted molar refractivity (Wildman–Crippen MR) is 58.7 cm³/mol. The Morgan fingerprint density at radius 2 is 2.06 bits per heavy atom. The third kappa shape index (κ3) is 2.18. The van der Waals surface area contributed by atoms with Crippen molar-refractivity contribution in [3.8, 4) is 5.75 Å². The van der Waals surface area contributed by atoms with Gasteiger partial charge in [0, 0.05) is 20.2 Å². The molecule has 0 fully saturated rings. The molecule has 0 radical (unpaired) electrons. The van der Waals surface area contributed by atoms with Crippen molar-refractivity contribution in [1.82, 2.24) is 4.31 Å². The molecule has 16 heavy (non-hydrogen) atoms. The van der Waals surface area contributed by atoms with Gasteiger partial charge in [0.25, 0.3) is 10.0 Å². The number of rotatable bonds is 4. The first-order valence-corrected chi connectivity index (χ1v) is 6.40. The fraction of sp³-hybridized carbons (Fsp3) is 0.375. The van der Waals surface area contributed by atoms with Gasteiger partial charge in [-0.25, -0.2) is 17.5 Å². The highest BCUT2D eigenvalue weighted by Gasteiger charge is 2.27. The molecule has 6 nitrogen and oxygen atoms in total. The van der Waals surface area contributed by atoms with E-state index in [2.05, 4.69) is 0 Å². The molecule has 0 atom stereocenters. The van der Waals surface area contributed by atoms with Crippen molar-refractivity contribution in [2.75, 3.05) is 21.2 Å². The molecule has 1 aromatic heterocycles. The summed E-state index contributed by atoms with van der Waals surface area (Å²) in [5.41, 5.74) is 0. The summed E-state index contributed by atoms with van der Waals surface area (Å²) in [5, 5.41) is 8.77. The van der Waals surface area contributed by atoms with E-state index in [1.165, 1.54) is 27.3 Å². The minimum atomic E-state index is -3.67. The molecule has 0 aliphatic carbocycles. The van der Waals surface area contributed by atoms with Crippen molar-refractivity contribution in [2.45, 2.75) is 4.21 Å². The smallest absolute Gasteiger partial charge is 0.346 e. The normalized spacial score (nSPS) is 11.8. The van der Waals surface area contributed by atoms with Gasteiger partial charge in [-0.05, 0) is 0 Å². The summed E-state index contributed by atoms with van der Waals surface area (Å²) in [5.74, 6) is -1.13. The first-order valence-electron chi connectivity index (χ1n) is 4.14. The maximum absolute atomic E-state index is 11.8.